The minimum absolute atomic E-state index is 0.106. The molecule has 0 N–H and O–H groups in total. The average molecular weight is 312 g/mol. The molecule has 0 unspecified atom stereocenters. The van der Waals surface area contributed by atoms with Crippen molar-refractivity contribution in [3.8, 4) is 0 Å². The molecule has 0 aromatic rings. The second kappa shape index (κ2) is 4.91. The molecule has 0 amide bonds. The SMILES string of the molecule is C/C=C1/C(=O)C[C@H]2[C@H]3CCC4=CC(=O)CC[C@]4(C)[C@@H]3CC[C@@]12C. The highest BCUT2D eigenvalue weighted by Gasteiger charge is 2.59. The van der Waals surface area contributed by atoms with E-state index in [4.69, 9.17) is 0 Å². The van der Waals surface area contributed by atoms with Crippen molar-refractivity contribution in [2.45, 2.75) is 65.7 Å². The van der Waals surface area contributed by atoms with E-state index in [9.17, 15) is 9.59 Å². The number of hydrogen-bond donors (Lipinski definition) is 0. The Hall–Kier alpha value is -1.18. The standard InChI is InChI=1S/C21H28O2/c1-4-16-19(23)12-18-15-6-5-13-11-14(22)7-9-20(13,2)17(15)8-10-21(16,18)3/h4,11,15,17-18H,5-10,12H2,1-3H3/b16-4-/t15-,17+,18-,20-,21-/m0/s1. The Labute approximate surface area is 139 Å². The lowest BCUT2D eigenvalue weighted by atomic mass is 9.47. The summed E-state index contributed by atoms with van der Waals surface area (Å²) in [6.45, 7) is 6.77. The minimum atomic E-state index is 0.106. The number of allylic oxidation sites excluding steroid dienone is 3. The number of hydrogen-bond acceptors (Lipinski definition) is 2. The molecule has 4 aliphatic carbocycles. The van der Waals surface area contributed by atoms with E-state index in [1.165, 1.54) is 18.4 Å². The summed E-state index contributed by atoms with van der Waals surface area (Å²) in [5.41, 5.74) is 2.83. The maximum absolute atomic E-state index is 12.5. The van der Waals surface area contributed by atoms with Crippen molar-refractivity contribution in [3.05, 3.63) is 23.3 Å². The van der Waals surface area contributed by atoms with Crippen LogP contribution in [0, 0.1) is 28.6 Å². The van der Waals surface area contributed by atoms with Crippen molar-refractivity contribution in [1.82, 2.24) is 0 Å². The lowest BCUT2D eigenvalue weighted by Crippen LogP contribution is -2.49. The first-order valence-electron chi connectivity index (χ1n) is 9.34. The Kier molecular flexibility index (Phi) is 3.28. The zero-order chi connectivity index (χ0) is 16.4. The largest absolute Gasteiger partial charge is 0.295 e. The normalized spacial score (nSPS) is 47.9. The highest BCUT2D eigenvalue weighted by Crippen LogP contribution is 2.65. The van der Waals surface area contributed by atoms with Gasteiger partial charge in [-0.2, -0.15) is 0 Å². The van der Waals surface area contributed by atoms with Gasteiger partial charge in [0.15, 0.2) is 11.6 Å². The van der Waals surface area contributed by atoms with Crippen LogP contribution in [0.1, 0.15) is 65.7 Å². The predicted molar refractivity (Wildman–Crippen MR) is 90.9 cm³/mol. The van der Waals surface area contributed by atoms with E-state index in [0.29, 0.717) is 35.7 Å². The van der Waals surface area contributed by atoms with Gasteiger partial charge in [-0.25, -0.2) is 0 Å². The smallest absolute Gasteiger partial charge is 0.159 e. The van der Waals surface area contributed by atoms with Gasteiger partial charge in [-0.3, -0.25) is 9.59 Å². The summed E-state index contributed by atoms with van der Waals surface area (Å²) < 4.78 is 0. The van der Waals surface area contributed by atoms with Crippen LogP contribution in [0.2, 0.25) is 0 Å². The number of carbonyl (C=O) groups is 2. The molecule has 0 heterocycles. The molecule has 0 bridgehead atoms. The Morgan fingerprint density at radius 3 is 2.57 bits per heavy atom. The molecule has 23 heavy (non-hydrogen) atoms. The monoisotopic (exact) mass is 312 g/mol. The molecule has 0 spiro atoms. The molecule has 5 atom stereocenters. The van der Waals surface area contributed by atoms with E-state index in [0.717, 1.165) is 31.3 Å². The van der Waals surface area contributed by atoms with Gasteiger partial charge in [-0.15, -0.1) is 0 Å². The van der Waals surface area contributed by atoms with Gasteiger partial charge in [0.05, 0.1) is 0 Å². The van der Waals surface area contributed by atoms with E-state index in [2.05, 4.69) is 19.9 Å². The second-order valence-corrected chi connectivity index (χ2v) is 8.75. The van der Waals surface area contributed by atoms with Gasteiger partial charge in [0.25, 0.3) is 0 Å². The van der Waals surface area contributed by atoms with Crippen molar-refractivity contribution in [2.75, 3.05) is 0 Å². The van der Waals surface area contributed by atoms with Gasteiger partial charge in [-0.1, -0.05) is 25.5 Å². The molecule has 0 aromatic heterocycles. The third kappa shape index (κ3) is 1.93. The Morgan fingerprint density at radius 2 is 1.83 bits per heavy atom. The third-order valence-electron chi connectivity index (χ3n) is 7.96. The first kappa shape index (κ1) is 15.4. The van der Waals surface area contributed by atoms with Crippen molar-refractivity contribution < 1.29 is 9.59 Å². The topological polar surface area (TPSA) is 34.1 Å². The summed E-state index contributed by atoms with van der Waals surface area (Å²) in [6.07, 6.45) is 11.1. The Balaban J connectivity index is 1.72. The van der Waals surface area contributed by atoms with E-state index >= 15 is 0 Å². The fourth-order valence-corrected chi connectivity index (χ4v) is 6.71. The summed E-state index contributed by atoms with van der Waals surface area (Å²) in [4.78, 5) is 24.4. The Morgan fingerprint density at radius 1 is 1.04 bits per heavy atom. The van der Waals surface area contributed by atoms with Crippen LogP contribution in [0.5, 0.6) is 0 Å². The average Bonchev–Trinajstić information content (AvgIpc) is 2.77. The first-order chi connectivity index (χ1) is 10.9. The van der Waals surface area contributed by atoms with Crippen LogP contribution in [0.4, 0.5) is 0 Å². The molecule has 2 nitrogen and oxygen atoms in total. The molecule has 0 aromatic carbocycles. The van der Waals surface area contributed by atoms with Crippen molar-refractivity contribution in [2.24, 2.45) is 28.6 Å². The molecular weight excluding hydrogens is 284 g/mol. The van der Waals surface area contributed by atoms with E-state index in [-0.39, 0.29) is 10.8 Å². The molecule has 3 saturated carbocycles. The Bertz CT molecular complexity index is 640. The quantitative estimate of drug-likeness (QED) is 0.610. The molecule has 2 heteroatoms. The van der Waals surface area contributed by atoms with Crippen LogP contribution in [0.15, 0.2) is 23.3 Å². The van der Waals surface area contributed by atoms with Crippen molar-refractivity contribution in [1.29, 1.82) is 0 Å². The lowest BCUT2D eigenvalue weighted by molar-refractivity contribution is -0.117. The van der Waals surface area contributed by atoms with E-state index in [1.54, 1.807) is 0 Å². The van der Waals surface area contributed by atoms with Gasteiger partial charge in [0, 0.05) is 12.8 Å². The molecule has 3 fully saturated rings. The summed E-state index contributed by atoms with van der Waals surface area (Å²) >= 11 is 0. The molecule has 0 saturated heterocycles. The maximum atomic E-state index is 12.5. The van der Waals surface area contributed by atoms with Gasteiger partial charge in [-0.05, 0) is 79.3 Å². The number of Topliss-reactive ketones (excluding diaryl/α,β-unsaturated/α-hetero) is 1. The maximum Gasteiger partial charge on any atom is 0.159 e. The number of carbonyl (C=O) groups excluding carboxylic acids is 2. The number of ketones is 2. The van der Waals surface area contributed by atoms with Gasteiger partial charge in [0.1, 0.15) is 0 Å². The zero-order valence-corrected chi connectivity index (χ0v) is 14.7. The number of fused-ring (bicyclic) bond motifs is 5. The third-order valence-corrected chi connectivity index (χ3v) is 7.96. The van der Waals surface area contributed by atoms with Crippen molar-refractivity contribution in [3.63, 3.8) is 0 Å². The van der Waals surface area contributed by atoms with Crippen LogP contribution in [0.3, 0.4) is 0 Å². The fraction of sp³-hybridized carbons (Fsp3) is 0.714. The molecule has 4 rings (SSSR count). The van der Waals surface area contributed by atoms with E-state index < -0.39 is 0 Å². The molecular formula is C21H28O2. The fourth-order valence-electron chi connectivity index (χ4n) is 6.71. The number of rotatable bonds is 0. The predicted octanol–water partition coefficient (Wildman–Crippen LogP) is 4.64. The van der Waals surface area contributed by atoms with Crippen molar-refractivity contribution >= 4 is 11.6 Å². The summed E-state index contributed by atoms with van der Waals surface area (Å²) in [7, 11) is 0. The van der Waals surface area contributed by atoms with Gasteiger partial charge in [0.2, 0.25) is 0 Å². The van der Waals surface area contributed by atoms with Crippen LogP contribution in [-0.4, -0.2) is 11.6 Å². The van der Waals surface area contributed by atoms with Crippen LogP contribution < -0.4 is 0 Å². The van der Waals surface area contributed by atoms with Gasteiger partial charge >= 0.3 is 0 Å². The van der Waals surface area contributed by atoms with Crippen LogP contribution in [-0.2, 0) is 9.59 Å². The summed E-state index contributed by atoms with van der Waals surface area (Å²) in [5, 5.41) is 0. The highest BCUT2D eigenvalue weighted by molar-refractivity contribution is 5.99. The molecule has 0 aliphatic heterocycles. The highest BCUT2D eigenvalue weighted by atomic mass is 16.1. The summed E-state index contributed by atoms with van der Waals surface area (Å²) in [6, 6.07) is 0. The molecule has 4 aliphatic rings. The first-order valence-corrected chi connectivity index (χ1v) is 9.34. The lowest BCUT2D eigenvalue weighted by Gasteiger charge is -2.57. The second-order valence-electron chi connectivity index (χ2n) is 8.75. The zero-order valence-electron chi connectivity index (χ0n) is 14.7. The minimum Gasteiger partial charge on any atom is -0.295 e. The molecule has 124 valence electrons. The van der Waals surface area contributed by atoms with Crippen LogP contribution in [0.25, 0.3) is 0 Å². The van der Waals surface area contributed by atoms with E-state index in [1.807, 2.05) is 13.0 Å². The molecule has 0 radical (unpaired) electrons. The van der Waals surface area contributed by atoms with Gasteiger partial charge < -0.3 is 0 Å². The summed E-state index contributed by atoms with van der Waals surface area (Å²) in [5.74, 6) is 2.56. The van der Waals surface area contributed by atoms with Crippen LogP contribution >= 0.6 is 0 Å².